The average Bonchev–Trinajstić information content (AvgIpc) is 2.96. The quantitative estimate of drug-likeness (QED) is 0.0589. The number of amides is 1. The lowest BCUT2D eigenvalue weighted by atomic mass is 10.0. The minimum absolute atomic E-state index is 0.0602. The van der Waals surface area contributed by atoms with Crippen molar-refractivity contribution < 1.29 is 14.3 Å². The molecule has 0 fully saturated rings. The molecule has 0 saturated carbocycles. The van der Waals surface area contributed by atoms with Gasteiger partial charge in [0.25, 0.3) is 0 Å². The van der Waals surface area contributed by atoms with Crippen molar-refractivity contribution in [3.05, 3.63) is 77.9 Å². The van der Waals surface area contributed by atoms with Crippen molar-refractivity contribution in [2.24, 2.45) is 5.10 Å². The fraction of sp³-hybridized carbons (Fsp3) is 0.441. The lowest BCUT2D eigenvalue weighted by Crippen LogP contribution is -2.16. The van der Waals surface area contributed by atoms with E-state index in [2.05, 4.69) is 17.5 Å². The van der Waals surface area contributed by atoms with E-state index in [9.17, 15) is 9.59 Å². The monoisotopic (exact) mass is 528 g/mol. The molecule has 3 aromatic rings. The van der Waals surface area contributed by atoms with E-state index in [1.165, 1.54) is 70.6 Å². The molecule has 3 aromatic carbocycles. The number of carbonyl (C=O) groups excluding carboxylic acids is 2. The largest absolute Gasteiger partial charge is 0.423 e. The summed E-state index contributed by atoms with van der Waals surface area (Å²) >= 11 is 0. The number of carbonyl (C=O) groups is 2. The first kappa shape index (κ1) is 30.1. The zero-order valence-corrected chi connectivity index (χ0v) is 23.5. The van der Waals surface area contributed by atoms with Crippen LogP contribution in [0.25, 0.3) is 10.8 Å². The highest BCUT2D eigenvalue weighted by atomic mass is 16.5. The van der Waals surface area contributed by atoms with Crippen LogP contribution in [0, 0.1) is 0 Å². The first-order valence-electron chi connectivity index (χ1n) is 14.8. The minimum atomic E-state index is -0.395. The van der Waals surface area contributed by atoms with Gasteiger partial charge >= 0.3 is 5.97 Å². The molecule has 0 radical (unpaired) electrons. The molecule has 0 bridgehead atoms. The zero-order valence-electron chi connectivity index (χ0n) is 23.5. The molecular weight excluding hydrogens is 484 g/mol. The van der Waals surface area contributed by atoms with Gasteiger partial charge in [0.05, 0.1) is 11.8 Å². The summed E-state index contributed by atoms with van der Waals surface area (Å²) in [6.07, 6.45) is 18.8. The van der Waals surface area contributed by atoms with E-state index in [1.54, 1.807) is 36.5 Å². The Morgan fingerprint density at radius 2 is 1.31 bits per heavy atom. The summed E-state index contributed by atoms with van der Waals surface area (Å²) in [5, 5.41) is 5.92. The van der Waals surface area contributed by atoms with Gasteiger partial charge in [-0.1, -0.05) is 120 Å². The molecule has 1 amide bonds. The molecule has 1 N–H and O–H groups in total. The highest BCUT2D eigenvalue weighted by Gasteiger charge is 2.12. The second-order valence-electron chi connectivity index (χ2n) is 10.3. The SMILES string of the molecule is CCCCCCCCCCCCCCCC(=O)NN=Cc1ccc(OC(=O)c2cccc3ccccc23)cc1. The maximum Gasteiger partial charge on any atom is 0.344 e. The summed E-state index contributed by atoms with van der Waals surface area (Å²) in [6, 6.07) is 20.4. The van der Waals surface area contributed by atoms with Gasteiger partial charge in [0.15, 0.2) is 0 Å². The molecule has 208 valence electrons. The minimum Gasteiger partial charge on any atom is -0.423 e. The van der Waals surface area contributed by atoms with Crippen molar-refractivity contribution in [3.8, 4) is 5.75 Å². The Bertz CT molecular complexity index is 1170. The lowest BCUT2D eigenvalue weighted by molar-refractivity contribution is -0.121. The van der Waals surface area contributed by atoms with Crippen molar-refractivity contribution >= 4 is 28.9 Å². The molecule has 0 aliphatic carbocycles. The maximum absolute atomic E-state index is 12.7. The van der Waals surface area contributed by atoms with Gasteiger partial charge in [-0.3, -0.25) is 4.79 Å². The number of hydrogen-bond acceptors (Lipinski definition) is 4. The summed E-state index contributed by atoms with van der Waals surface area (Å²) in [5.74, 6) is 0.000126. The average molecular weight is 529 g/mol. The highest BCUT2D eigenvalue weighted by molar-refractivity contribution is 6.05. The first-order chi connectivity index (χ1) is 19.2. The molecule has 0 heterocycles. The highest BCUT2D eigenvalue weighted by Crippen LogP contribution is 2.21. The van der Waals surface area contributed by atoms with E-state index in [4.69, 9.17) is 4.74 Å². The van der Waals surface area contributed by atoms with E-state index in [-0.39, 0.29) is 5.91 Å². The summed E-state index contributed by atoms with van der Waals surface area (Å²) < 4.78 is 5.57. The predicted molar refractivity (Wildman–Crippen MR) is 161 cm³/mol. The summed E-state index contributed by atoms with van der Waals surface area (Å²) in [5.41, 5.74) is 3.94. The van der Waals surface area contributed by atoms with Crippen LogP contribution in [-0.2, 0) is 4.79 Å². The van der Waals surface area contributed by atoms with Crippen molar-refractivity contribution in [1.82, 2.24) is 5.43 Å². The second kappa shape index (κ2) is 17.9. The van der Waals surface area contributed by atoms with Crippen LogP contribution in [0.1, 0.15) is 113 Å². The number of ether oxygens (including phenoxy) is 1. The number of hydrazone groups is 1. The lowest BCUT2D eigenvalue weighted by Gasteiger charge is -2.07. The molecule has 5 heteroatoms. The topological polar surface area (TPSA) is 67.8 Å². The molecule has 3 rings (SSSR count). The third-order valence-electron chi connectivity index (χ3n) is 7.01. The smallest absolute Gasteiger partial charge is 0.344 e. The number of rotatable bonds is 18. The molecule has 0 spiro atoms. The Balaban J connectivity index is 1.26. The van der Waals surface area contributed by atoms with Crippen LogP contribution in [0.2, 0.25) is 0 Å². The molecule has 5 nitrogen and oxygen atoms in total. The van der Waals surface area contributed by atoms with Crippen molar-refractivity contribution in [3.63, 3.8) is 0 Å². The van der Waals surface area contributed by atoms with Gasteiger partial charge in [0.1, 0.15) is 5.75 Å². The number of nitrogens with zero attached hydrogens (tertiary/aromatic N) is 1. The molecular formula is C34H44N2O3. The van der Waals surface area contributed by atoms with Crippen LogP contribution >= 0.6 is 0 Å². The van der Waals surface area contributed by atoms with Gasteiger partial charge in [0, 0.05) is 6.42 Å². The normalized spacial score (nSPS) is 11.2. The van der Waals surface area contributed by atoms with Crippen LogP contribution in [0.15, 0.2) is 71.8 Å². The Morgan fingerprint density at radius 3 is 1.97 bits per heavy atom. The van der Waals surface area contributed by atoms with E-state index < -0.39 is 5.97 Å². The van der Waals surface area contributed by atoms with Crippen LogP contribution in [0.4, 0.5) is 0 Å². The van der Waals surface area contributed by atoms with Crippen molar-refractivity contribution in [1.29, 1.82) is 0 Å². The van der Waals surface area contributed by atoms with E-state index in [0.717, 1.165) is 29.2 Å². The van der Waals surface area contributed by atoms with Gasteiger partial charge in [-0.2, -0.15) is 5.10 Å². The number of esters is 1. The Kier molecular flexibility index (Phi) is 13.8. The van der Waals surface area contributed by atoms with Gasteiger partial charge in [-0.25, -0.2) is 10.2 Å². The molecule has 0 unspecified atom stereocenters. The van der Waals surface area contributed by atoms with E-state index in [1.807, 2.05) is 36.4 Å². The second-order valence-corrected chi connectivity index (χ2v) is 10.3. The third-order valence-corrected chi connectivity index (χ3v) is 7.01. The van der Waals surface area contributed by atoms with Crippen LogP contribution in [0.3, 0.4) is 0 Å². The molecule has 0 aliphatic heterocycles. The molecule has 0 saturated heterocycles. The Hall–Kier alpha value is -3.47. The Labute approximate surface area is 234 Å². The number of hydrogen-bond donors (Lipinski definition) is 1. The number of unbranched alkanes of at least 4 members (excludes halogenated alkanes) is 12. The molecule has 0 aromatic heterocycles. The number of benzene rings is 3. The molecule has 39 heavy (non-hydrogen) atoms. The van der Waals surface area contributed by atoms with E-state index in [0.29, 0.717) is 17.7 Å². The van der Waals surface area contributed by atoms with Crippen LogP contribution in [-0.4, -0.2) is 18.1 Å². The van der Waals surface area contributed by atoms with Gasteiger partial charge < -0.3 is 4.74 Å². The van der Waals surface area contributed by atoms with Crippen molar-refractivity contribution in [2.75, 3.05) is 0 Å². The predicted octanol–water partition coefficient (Wildman–Crippen LogP) is 8.99. The summed E-state index contributed by atoms with van der Waals surface area (Å²) in [7, 11) is 0. The van der Waals surface area contributed by atoms with Gasteiger partial charge in [-0.05, 0) is 53.1 Å². The third kappa shape index (κ3) is 11.4. The standard InChI is InChI=1S/C34H44N2O3/c1-2-3-4-5-6-7-8-9-10-11-12-13-14-22-33(37)36-35-27-28-23-25-30(26-24-28)39-34(38)32-21-17-19-29-18-15-16-20-31(29)32/h15-21,23-27H,2-14,22H2,1H3,(H,36,37). The van der Waals surface area contributed by atoms with Gasteiger partial charge in [0.2, 0.25) is 5.91 Å². The van der Waals surface area contributed by atoms with E-state index >= 15 is 0 Å². The van der Waals surface area contributed by atoms with Gasteiger partial charge in [-0.15, -0.1) is 0 Å². The maximum atomic E-state index is 12.7. The summed E-state index contributed by atoms with van der Waals surface area (Å²) in [6.45, 7) is 2.26. The molecule has 0 aliphatic rings. The first-order valence-corrected chi connectivity index (χ1v) is 14.8. The molecule has 0 atom stereocenters. The van der Waals surface area contributed by atoms with Crippen molar-refractivity contribution in [2.45, 2.75) is 96.8 Å². The van der Waals surface area contributed by atoms with Crippen LogP contribution < -0.4 is 10.2 Å². The fourth-order valence-electron chi connectivity index (χ4n) is 4.73. The van der Waals surface area contributed by atoms with Crippen LogP contribution in [0.5, 0.6) is 5.75 Å². The zero-order chi connectivity index (χ0) is 27.5. The number of nitrogens with one attached hydrogen (secondary N) is 1. The number of fused-ring (bicyclic) bond motifs is 1. The fourth-order valence-corrected chi connectivity index (χ4v) is 4.73. The summed E-state index contributed by atoms with van der Waals surface area (Å²) in [4.78, 5) is 24.8. The Morgan fingerprint density at radius 1 is 0.718 bits per heavy atom.